The van der Waals surface area contributed by atoms with Crippen molar-refractivity contribution < 1.29 is 9.18 Å². The molecule has 1 aromatic rings. The molecular formula is C19H28FN3O. The average molecular weight is 333 g/mol. The zero-order valence-corrected chi connectivity index (χ0v) is 15.0. The van der Waals surface area contributed by atoms with E-state index in [1.165, 1.54) is 6.07 Å². The van der Waals surface area contributed by atoms with Gasteiger partial charge in [-0.1, -0.05) is 18.2 Å². The van der Waals surface area contributed by atoms with E-state index in [4.69, 9.17) is 0 Å². The molecule has 1 amide bonds. The van der Waals surface area contributed by atoms with Crippen molar-refractivity contribution in [2.24, 2.45) is 5.41 Å². The van der Waals surface area contributed by atoms with Gasteiger partial charge in [0.1, 0.15) is 11.9 Å². The van der Waals surface area contributed by atoms with Gasteiger partial charge >= 0.3 is 0 Å². The minimum atomic E-state index is -0.549. The highest BCUT2D eigenvalue weighted by atomic mass is 19.1. The first-order valence-corrected chi connectivity index (χ1v) is 8.80. The summed E-state index contributed by atoms with van der Waals surface area (Å²) >= 11 is 0. The van der Waals surface area contributed by atoms with Crippen LogP contribution in [0.4, 0.5) is 4.39 Å². The number of nitrogens with zero attached hydrogens (tertiary/aromatic N) is 3. The lowest BCUT2D eigenvalue weighted by Gasteiger charge is -2.38. The zero-order chi connectivity index (χ0) is 17.3. The molecule has 1 spiro atoms. The van der Waals surface area contributed by atoms with Gasteiger partial charge in [-0.3, -0.25) is 9.69 Å². The van der Waals surface area contributed by atoms with Crippen LogP contribution in [0.2, 0.25) is 0 Å². The summed E-state index contributed by atoms with van der Waals surface area (Å²) in [7, 11) is 5.85. The standard InChI is InChI=1S/C19H28FN3O/c1-21(2)17(15-6-4-5-7-16(15)20)18(24)23-13-10-19(14-23)8-11-22(3)12-9-19/h4-7,17H,8-14H2,1-3H3/t17-/m0/s1. The fourth-order valence-corrected chi connectivity index (χ4v) is 4.13. The highest BCUT2D eigenvalue weighted by Gasteiger charge is 2.43. The smallest absolute Gasteiger partial charge is 0.244 e. The van der Waals surface area contributed by atoms with E-state index in [0.29, 0.717) is 5.56 Å². The SMILES string of the molecule is CN1CCC2(CC1)CCN(C(=O)[C@H](c1ccccc1F)N(C)C)C2. The third-order valence-electron chi connectivity index (χ3n) is 5.75. The van der Waals surface area contributed by atoms with Gasteiger partial charge in [0.2, 0.25) is 5.91 Å². The monoisotopic (exact) mass is 333 g/mol. The van der Waals surface area contributed by atoms with Crippen molar-refractivity contribution in [2.75, 3.05) is 47.3 Å². The van der Waals surface area contributed by atoms with Gasteiger partial charge in [0.05, 0.1) is 0 Å². The van der Waals surface area contributed by atoms with Crippen LogP contribution in [0, 0.1) is 11.2 Å². The van der Waals surface area contributed by atoms with Gasteiger partial charge < -0.3 is 9.80 Å². The predicted octanol–water partition coefficient (Wildman–Crippen LogP) is 2.37. The first-order chi connectivity index (χ1) is 11.4. The molecule has 2 saturated heterocycles. The van der Waals surface area contributed by atoms with Crippen LogP contribution in [0.25, 0.3) is 0 Å². The third kappa shape index (κ3) is 3.33. The number of likely N-dealkylation sites (tertiary alicyclic amines) is 2. The Bertz CT molecular complexity index is 596. The molecule has 1 atom stereocenters. The molecule has 5 heteroatoms. The molecule has 1 aromatic carbocycles. The van der Waals surface area contributed by atoms with Crippen molar-refractivity contribution in [2.45, 2.75) is 25.3 Å². The van der Waals surface area contributed by atoms with Crippen molar-refractivity contribution in [1.29, 1.82) is 0 Å². The maximum atomic E-state index is 14.2. The molecule has 2 heterocycles. The van der Waals surface area contributed by atoms with Crippen LogP contribution < -0.4 is 0 Å². The van der Waals surface area contributed by atoms with E-state index in [2.05, 4.69) is 11.9 Å². The number of likely N-dealkylation sites (N-methyl/N-ethyl adjacent to an activating group) is 1. The summed E-state index contributed by atoms with van der Waals surface area (Å²) < 4.78 is 14.2. The van der Waals surface area contributed by atoms with Crippen LogP contribution in [-0.4, -0.2) is 67.9 Å². The Kier molecular flexibility index (Phi) is 4.92. The summed E-state index contributed by atoms with van der Waals surface area (Å²) in [5.41, 5.74) is 0.741. The number of piperidine rings is 1. The Morgan fingerprint density at radius 2 is 1.79 bits per heavy atom. The summed E-state index contributed by atoms with van der Waals surface area (Å²) in [4.78, 5) is 19.3. The van der Waals surface area contributed by atoms with Crippen LogP contribution >= 0.6 is 0 Å². The van der Waals surface area contributed by atoms with Gasteiger partial charge in [0.15, 0.2) is 0 Å². The Morgan fingerprint density at radius 3 is 2.42 bits per heavy atom. The summed E-state index contributed by atoms with van der Waals surface area (Å²) in [6, 6.07) is 6.07. The molecule has 3 rings (SSSR count). The molecule has 0 saturated carbocycles. The van der Waals surface area contributed by atoms with Crippen molar-refractivity contribution in [3.05, 3.63) is 35.6 Å². The second kappa shape index (κ2) is 6.81. The molecule has 0 radical (unpaired) electrons. The molecule has 2 fully saturated rings. The number of hydrogen-bond donors (Lipinski definition) is 0. The predicted molar refractivity (Wildman–Crippen MR) is 93.2 cm³/mol. The maximum absolute atomic E-state index is 14.2. The summed E-state index contributed by atoms with van der Waals surface area (Å²) in [5, 5.41) is 0. The summed E-state index contributed by atoms with van der Waals surface area (Å²) in [6.45, 7) is 3.82. The lowest BCUT2D eigenvalue weighted by molar-refractivity contribution is -0.136. The molecule has 0 bridgehead atoms. The van der Waals surface area contributed by atoms with Gasteiger partial charge in [-0.2, -0.15) is 0 Å². The number of rotatable bonds is 3. The van der Waals surface area contributed by atoms with E-state index in [1.807, 2.05) is 23.9 Å². The summed E-state index contributed by atoms with van der Waals surface area (Å²) in [6.07, 6.45) is 3.38. The number of amides is 1. The quantitative estimate of drug-likeness (QED) is 0.850. The van der Waals surface area contributed by atoms with Crippen molar-refractivity contribution >= 4 is 5.91 Å². The van der Waals surface area contributed by atoms with Crippen LogP contribution in [0.1, 0.15) is 30.9 Å². The van der Waals surface area contributed by atoms with Crippen molar-refractivity contribution in [3.63, 3.8) is 0 Å². The van der Waals surface area contributed by atoms with E-state index < -0.39 is 6.04 Å². The third-order valence-corrected chi connectivity index (χ3v) is 5.75. The van der Waals surface area contributed by atoms with Gasteiger partial charge in [0, 0.05) is 18.7 Å². The van der Waals surface area contributed by atoms with Crippen LogP contribution in [0.3, 0.4) is 0 Å². The van der Waals surface area contributed by atoms with Crippen molar-refractivity contribution in [1.82, 2.24) is 14.7 Å². The number of benzene rings is 1. The Labute approximate surface area is 144 Å². The molecule has 0 unspecified atom stereocenters. The van der Waals surface area contributed by atoms with Gasteiger partial charge in [-0.25, -0.2) is 4.39 Å². The topological polar surface area (TPSA) is 26.8 Å². The highest BCUT2D eigenvalue weighted by Crippen LogP contribution is 2.41. The Balaban J connectivity index is 1.76. The van der Waals surface area contributed by atoms with Crippen LogP contribution in [0.5, 0.6) is 0 Å². The largest absolute Gasteiger partial charge is 0.340 e. The fourth-order valence-electron chi connectivity index (χ4n) is 4.13. The molecule has 2 aliphatic rings. The summed E-state index contributed by atoms with van der Waals surface area (Å²) in [5.74, 6) is -0.279. The van der Waals surface area contributed by atoms with Gasteiger partial charge in [0.25, 0.3) is 0 Å². The van der Waals surface area contributed by atoms with Gasteiger partial charge in [-0.15, -0.1) is 0 Å². The lowest BCUT2D eigenvalue weighted by atomic mass is 9.78. The van der Waals surface area contributed by atoms with E-state index in [9.17, 15) is 9.18 Å². The first kappa shape index (κ1) is 17.4. The van der Waals surface area contributed by atoms with E-state index in [-0.39, 0.29) is 17.1 Å². The van der Waals surface area contributed by atoms with E-state index in [0.717, 1.165) is 45.4 Å². The van der Waals surface area contributed by atoms with Crippen LogP contribution in [0.15, 0.2) is 24.3 Å². The Hall–Kier alpha value is -1.46. The fraction of sp³-hybridized carbons (Fsp3) is 0.632. The highest BCUT2D eigenvalue weighted by molar-refractivity contribution is 5.83. The molecule has 4 nitrogen and oxygen atoms in total. The molecule has 0 aliphatic carbocycles. The zero-order valence-electron chi connectivity index (χ0n) is 15.0. The van der Waals surface area contributed by atoms with Gasteiger partial charge in [-0.05, 0) is 65.0 Å². The molecule has 24 heavy (non-hydrogen) atoms. The minimum absolute atomic E-state index is 0.0286. The minimum Gasteiger partial charge on any atom is -0.340 e. The molecule has 0 aromatic heterocycles. The molecule has 132 valence electrons. The Morgan fingerprint density at radius 1 is 1.17 bits per heavy atom. The second-order valence-corrected chi connectivity index (χ2v) is 7.70. The second-order valence-electron chi connectivity index (χ2n) is 7.70. The average Bonchev–Trinajstić information content (AvgIpc) is 2.96. The molecule has 2 aliphatic heterocycles. The van der Waals surface area contributed by atoms with E-state index >= 15 is 0 Å². The van der Waals surface area contributed by atoms with Crippen molar-refractivity contribution in [3.8, 4) is 0 Å². The van der Waals surface area contributed by atoms with E-state index in [1.54, 1.807) is 18.2 Å². The first-order valence-electron chi connectivity index (χ1n) is 8.80. The molecule has 0 N–H and O–H groups in total. The lowest BCUT2D eigenvalue weighted by Crippen LogP contribution is -2.43. The number of carbonyl (C=O) groups is 1. The maximum Gasteiger partial charge on any atom is 0.244 e. The number of carbonyl (C=O) groups excluding carboxylic acids is 1. The van der Waals surface area contributed by atoms with Crippen LogP contribution in [-0.2, 0) is 4.79 Å². The molecular weight excluding hydrogens is 305 g/mol. The number of hydrogen-bond acceptors (Lipinski definition) is 3. The normalized spacial score (nSPS) is 22.3. The number of halogens is 1.